The minimum Gasteiger partial charge on any atom is -0.377 e. The first-order valence-electron chi connectivity index (χ1n) is 7.89. The summed E-state index contributed by atoms with van der Waals surface area (Å²) in [7, 11) is 1.59. The number of hydrogen-bond donors (Lipinski definition) is 0. The zero-order valence-corrected chi connectivity index (χ0v) is 13.1. The lowest BCUT2D eigenvalue weighted by molar-refractivity contribution is 0.174. The van der Waals surface area contributed by atoms with Gasteiger partial charge in [0.2, 0.25) is 0 Å². The topological polar surface area (TPSA) is 86.3 Å². The number of anilines is 1. The highest BCUT2D eigenvalue weighted by Gasteiger charge is 2.31. The second-order valence-electron chi connectivity index (χ2n) is 6.19. The third kappa shape index (κ3) is 2.74. The van der Waals surface area contributed by atoms with Crippen LogP contribution in [0.15, 0.2) is 15.4 Å². The van der Waals surface area contributed by atoms with Gasteiger partial charge in [-0.3, -0.25) is 4.79 Å². The lowest BCUT2D eigenvalue weighted by Crippen LogP contribution is -2.50. The SMILES string of the molecule is COCc1noc(N2CC(Cn3nc4c(cc3=O)CCC4)C2)n1. The highest BCUT2D eigenvalue weighted by molar-refractivity contribution is 5.30. The van der Waals surface area contributed by atoms with Crippen LogP contribution in [0.2, 0.25) is 0 Å². The van der Waals surface area contributed by atoms with Crippen LogP contribution in [-0.2, 0) is 30.7 Å². The van der Waals surface area contributed by atoms with Crippen LogP contribution < -0.4 is 10.5 Å². The van der Waals surface area contributed by atoms with Gasteiger partial charge in [-0.1, -0.05) is 5.16 Å². The van der Waals surface area contributed by atoms with Gasteiger partial charge in [0.05, 0.1) is 12.2 Å². The number of ether oxygens (including phenoxy) is 1. The van der Waals surface area contributed by atoms with Crippen molar-refractivity contribution in [1.82, 2.24) is 19.9 Å². The summed E-state index contributed by atoms with van der Waals surface area (Å²) in [4.78, 5) is 18.4. The van der Waals surface area contributed by atoms with E-state index < -0.39 is 0 Å². The van der Waals surface area contributed by atoms with Crippen molar-refractivity contribution >= 4 is 6.01 Å². The minimum atomic E-state index is 0.00395. The van der Waals surface area contributed by atoms with E-state index in [-0.39, 0.29) is 5.56 Å². The fourth-order valence-electron chi connectivity index (χ4n) is 3.22. The molecule has 1 aliphatic carbocycles. The third-order valence-corrected chi connectivity index (χ3v) is 4.41. The summed E-state index contributed by atoms with van der Waals surface area (Å²) >= 11 is 0. The van der Waals surface area contributed by atoms with E-state index in [4.69, 9.17) is 9.26 Å². The Hall–Kier alpha value is -2.22. The second-order valence-corrected chi connectivity index (χ2v) is 6.19. The maximum atomic E-state index is 12.1. The predicted octanol–water partition coefficient (Wildman–Crippen LogP) is 0.398. The summed E-state index contributed by atoms with van der Waals surface area (Å²) in [6.07, 6.45) is 3.07. The first-order chi connectivity index (χ1) is 11.2. The average molecular weight is 317 g/mol. The summed E-state index contributed by atoms with van der Waals surface area (Å²) in [5, 5.41) is 8.37. The van der Waals surface area contributed by atoms with Crippen LogP contribution in [-0.4, -0.2) is 40.1 Å². The summed E-state index contributed by atoms with van der Waals surface area (Å²) < 4.78 is 11.8. The van der Waals surface area contributed by atoms with Crippen LogP contribution in [0.25, 0.3) is 0 Å². The first kappa shape index (κ1) is 14.4. The van der Waals surface area contributed by atoms with E-state index in [1.807, 2.05) is 4.90 Å². The molecule has 0 atom stereocenters. The number of rotatable bonds is 5. The van der Waals surface area contributed by atoms with Crippen molar-refractivity contribution in [2.75, 3.05) is 25.1 Å². The van der Waals surface area contributed by atoms with E-state index in [1.54, 1.807) is 17.9 Å². The van der Waals surface area contributed by atoms with Crippen molar-refractivity contribution in [3.05, 3.63) is 33.5 Å². The molecule has 0 N–H and O–H groups in total. The van der Waals surface area contributed by atoms with Gasteiger partial charge in [0.25, 0.3) is 5.56 Å². The number of aromatic nitrogens is 4. The molecule has 0 unspecified atom stereocenters. The molecule has 4 rings (SSSR count). The Morgan fingerprint density at radius 2 is 2.26 bits per heavy atom. The largest absolute Gasteiger partial charge is 0.377 e. The molecule has 2 aliphatic rings. The normalized spacial score (nSPS) is 17.3. The lowest BCUT2D eigenvalue weighted by Gasteiger charge is -2.37. The lowest BCUT2D eigenvalue weighted by atomic mass is 10.0. The summed E-state index contributed by atoms with van der Waals surface area (Å²) in [6.45, 7) is 2.57. The van der Waals surface area contributed by atoms with Crippen molar-refractivity contribution in [2.24, 2.45) is 5.92 Å². The van der Waals surface area contributed by atoms with E-state index in [9.17, 15) is 4.79 Å². The molecular formula is C15H19N5O3. The van der Waals surface area contributed by atoms with Crippen LogP contribution >= 0.6 is 0 Å². The average Bonchev–Trinajstić information content (AvgIpc) is 3.11. The highest BCUT2D eigenvalue weighted by atomic mass is 16.5. The smallest absolute Gasteiger partial charge is 0.324 e. The quantitative estimate of drug-likeness (QED) is 0.789. The maximum absolute atomic E-state index is 12.1. The molecule has 0 bridgehead atoms. The van der Waals surface area contributed by atoms with Gasteiger partial charge in [0.15, 0.2) is 5.82 Å². The van der Waals surface area contributed by atoms with Gasteiger partial charge in [-0.15, -0.1) is 0 Å². The van der Waals surface area contributed by atoms with Gasteiger partial charge in [0, 0.05) is 32.2 Å². The zero-order chi connectivity index (χ0) is 15.8. The number of methoxy groups -OCH3 is 1. The van der Waals surface area contributed by atoms with E-state index in [0.717, 1.165) is 43.6 Å². The van der Waals surface area contributed by atoms with E-state index >= 15 is 0 Å². The molecule has 0 aromatic carbocycles. The Balaban J connectivity index is 1.38. The van der Waals surface area contributed by atoms with Gasteiger partial charge in [0.1, 0.15) is 6.61 Å². The van der Waals surface area contributed by atoms with Crippen LogP contribution in [0.3, 0.4) is 0 Å². The molecule has 0 radical (unpaired) electrons. The molecule has 0 spiro atoms. The second kappa shape index (κ2) is 5.77. The van der Waals surface area contributed by atoms with Gasteiger partial charge < -0.3 is 14.2 Å². The number of nitrogens with zero attached hydrogens (tertiary/aromatic N) is 5. The molecular weight excluding hydrogens is 298 g/mol. The Labute approximate surface area is 133 Å². The Morgan fingerprint density at radius 3 is 3.09 bits per heavy atom. The summed E-state index contributed by atoms with van der Waals surface area (Å²) in [6, 6.07) is 2.27. The Bertz CT molecular complexity index is 763. The summed E-state index contributed by atoms with van der Waals surface area (Å²) in [5.41, 5.74) is 2.21. The van der Waals surface area contributed by atoms with Crippen LogP contribution in [0.5, 0.6) is 0 Å². The zero-order valence-electron chi connectivity index (χ0n) is 13.1. The van der Waals surface area contributed by atoms with Crippen LogP contribution in [0, 0.1) is 5.92 Å². The summed E-state index contributed by atoms with van der Waals surface area (Å²) in [5.74, 6) is 0.917. The standard InChI is InChI=1S/C15H19N5O3/c1-22-9-13-16-15(23-18-13)19-6-10(7-19)8-20-14(21)5-11-3-2-4-12(11)17-20/h5,10H,2-4,6-9H2,1H3. The molecule has 1 fully saturated rings. The van der Waals surface area contributed by atoms with Crippen molar-refractivity contribution in [3.63, 3.8) is 0 Å². The fourth-order valence-corrected chi connectivity index (χ4v) is 3.22. The number of hydrogen-bond acceptors (Lipinski definition) is 7. The molecule has 2 aromatic rings. The Kier molecular flexibility index (Phi) is 3.60. The molecule has 0 amide bonds. The van der Waals surface area contributed by atoms with Gasteiger partial charge >= 0.3 is 6.01 Å². The van der Waals surface area contributed by atoms with Gasteiger partial charge in [-0.25, -0.2) is 4.68 Å². The van der Waals surface area contributed by atoms with Crippen molar-refractivity contribution < 1.29 is 9.26 Å². The molecule has 8 nitrogen and oxygen atoms in total. The van der Waals surface area contributed by atoms with Gasteiger partial charge in [-0.05, 0) is 24.8 Å². The highest BCUT2D eigenvalue weighted by Crippen LogP contribution is 2.24. The van der Waals surface area contributed by atoms with Gasteiger partial charge in [-0.2, -0.15) is 10.1 Å². The van der Waals surface area contributed by atoms with Crippen molar-refractivity contribution in [1.29, 1.82) is 0 Å². The Morgan fingerprint density at radius 1 is 1.39 bits per heavy atom. The molecule has 2 aromatic heterocycles. The van der Waals surface area contributed by atoms with E-state index in [1.165, 1.54) is 0 Å². The first-order valence-corrected chi connectivity index (χ1v) is 7.89. The van der Waals surface area contributed by atoms with Crippen molar-refractivity contribution in [3.8, 4) is 0 Å². The maximum Gasteiger partial charge on any atom is 0.324 e. The molecule has 1 saturated heterocycles. The molecule has 8 heteroatoms. The van der Waals surface area contributed by atoms with Crippen molar-refractivity contribution in [2.45, 2.75) is 32.4 Å². The number of fused-ring (bicyclic) bond motifs is 1. The fraction of sp³-hybridized carbons (Fsp3) is 0.600. The molecule has 23 heavy (non-hydrogen) atoms. The van der Waals surface area contributed by atoms with E-state index in [0.29, 0.717) is 30.9 Å². The minimum absolute atomic E-state index is 0.00395. The molecule has 1 aliphatic heterocycles. The molecule has 0 saturated carbocycles. The third-order valence-electron chi connectivity index (χ3n) is 4.41. The molecule has 122 valence electrons. The van der Waals surface area contributed by atoms with Crippen LogP contribution in [0.1, 0.15) is 23.5 Å². The molecule has 3 heterocycles. The predicted molar refractivity (Wildman–Crippen MR) is 81.2 cm³/mol. The van der Waals surface area contributed by atoms with Crippen LogP contribution in [0.4, 0.5) is 6.01 Å². The monoisotopic (exact) mass is 317 g/mol. The van der Waals surface area contributed by atoms with E-state index in [2.05, 4.69) is 15.2 Å². The number of aryl methyl sites for hydroxylation is 2.